The summed E-state index contributed by atoms with van der Waals surface area (Å²) in [6.07, 6.45) is 1.41. The summed E-state index contributed by atoms with van der Waals surface area (Å²) in [4.78, 5) is 0. The second-order valence-electron chi connectivity index (χ2n) is 6.74. The minimum atomic E-state index is -3.32. The lowest BCUT2D eigenvalue weighted by Gasteiger charge is -2.33. The molecule has 3 rings (SSSR count). The van der Waals surface area contributed by atoms with Gasteiger partial charge in [-0.3, -0.25) is 0 Å². The highest BCUT2D eigenvalue weighted by Gasteiger charge is 2.31. The molecule has 0 aromatic heterocycles. The summed E-state index contributed by atoms with van der Waals surface area (Å²) in [6.45, 7) is 4.04. The van der Waals surface area contributed by atoms with Gasteiger partial charge in [0.25, 0.3) is 0 Å². The first-order valence-corrected chi connectivity index (χ1v) is 10.3. The average molecular weight is 359 g/mol. The van der Waals surface area contributed by atoms with Gasteiger partial charge >= 0.3 is 0 Å². The fourth-order valence-corrected chi connectivity index (χ4v) is 4.01. The Kier molecular flexibility index (Phi) is 5.57. The van der Waals surface area contributed by atoms with Crippen LogP contribution in [0.2, 0.25) is 0 Å². The van der Waals surface area contributed by atoms with E-state index < -0.39 is 15.3 Å². The molecule has 1 saturated heterocycles. The Hall–Kier alpha value is -1.69. The van der Waals surface area contributed by atoms with Crippen LogP contribution in [0.4, 0.5) is 0 Å². The standard InChI is InChI=1S/C20H25NO3S/c1-15(2)25(22,23)21-19-9-6-14-24-20(19)18-12-10-17(11-13-18)16-7-4-3-5-8-16/h3-5,7-8,10-13,15,19-21H,6,9,14H2,1-2H3/t19-,20-/m1/s1. The van der Waals surface area contributed by atoms with Gasteiger partial charge in [0.1, 0.15) is 0 Å². The number of hydrogen-bond acceptors (Lipinski definition) is 3. The molecule has 0 bridgehead atoms. The number of benzene rings is 2. The van der Waals surface area contributed by atoms with E-state index in [4.69, 9.17) is 4.74 Å². The highest BCUT2D eigenvalue weighted by molar-refractivity contribution is 7.90. The van der Waals surface area contributed by atoms with Crippen LogP contribution < -0.4 is 4.72 Å². The molecular weight excluding hydrogens is 334 g/mol. The van der Waals surface area contributed by atoms with Crippen LogP contribution in [-0.4, -0.2) is 26.3 Å². The van der Waals surface area contributed by atoms with Gasteiger partial charge in [0.15, 0.2) is 0 Å². The van der Waals surface area contributed by atoms with Gasteiger partial charge < -0.3 is 4.74 Å². The molecule has 0 radical (unpaired) electrons. The normalized spacial score (nSPS) is 21.4. The largest absolute Gasteiger partial charge is 0.372 e. The summed E-state index contributed by atoms with van der Waals surface area (Å²) >= 11 is 0. The van der Waals surface area contributed by atoms with Crippen molar-refractivity contribution >= 4 is 10.0 Å². The molecule has 2 atom stereocenters. The maximum Gasteiger partial charge on any atom is 0.214 e. The average Bonchev–Trinajstić information content (AvgIpc) is 2.63. The number of hydrogen-bond donors (Lipinski definition) is 1. The fourth-order valence-electron chi connectivity index (χ4n) is 3.07. The first-order chi connectivity index (χ1) is 12.0. The topological polar surface area (TPSA) is 55.4 Å². The molecule has 5 heteroatoms. The molecule has 0 saturated carbocycles. The molecule has 2 aromatic carbocycles. The monoisotopic (exact) mass is 359 g/mol. The first kappa shape index (κ1) is 18.1. The van der Waals surface area contributed by atoms with E-state index >= 15 is 0 Å². The van der Waals surface area contributed by atoms with Gasteiger partial charge in [0.05, 0.1) is 17.4 Å². The van der Waals surface area contributed by atoms with Crippen LogP contribution in [0.1, 0.15) is 38.4 Å². The summed E-state index contributed by atoms with van der Waals surface area (Å²) in [6, 6.07) is 18.2. The number of rotatable bonds is 5. The van der Waals surface area contributed by atoms with E-state index in [0.29, 0.717) is 6.61 Å². The van der Waals surface area contributed by atoms with Crippen molar-refractivity contribution in [3.05, 3.63) is 60.2 Å². The zero-order chi connectivity index (χ0) is 17.9. The second-order valence-corrected chi connectivity index (χ2v) is 9.01. The molecule has 1 fully saturated rings. The molecule has 0 spiro atoms. The van der Waals surface area contributed by atoms with Gasteiger partial charge in [-0.05, 0) is 43.4 Å². The van der Waals surface area contributed by atoms with Crippen molar-refractivity contribution in [1.29, 1.82) is 0 Å². The van der Waals surface area contributed by atoms with E-state index in [1.54, 1.807) is 13.8 Å². The molecule has 1 heterocycles. The second kappa shape index (κ2) is 7.68. The third-order valence-electron chi connectivity index (χ3n) is 4.60. The summed E-state index contributed by atoms with van der Waals surface area (Å²) in [5.74, 6) is 0. The molecule has 2 aromatic rings. The number of ether oxygens (including phenoxy) is 1. The summed E-state index contributed by atoms with van der Waals surface area (Å²) in [5, 5.41) is -0.449. The Morgan fingerprint density at radius 3 is 2.28 bits per heavy atom. The molecule has 1 aliphatic heterocycles. The summed E-state index contributed by atoms with van der Waals surface area (Å²) in [5.41, 5.74) is 3.31. The van der Waals surface area contributed by atoms with Gasteiger partial charge in [0, 0.05) is 6.61 Å². The lowest BCUT2D eigenvalue weighted by molar-refractivity contribution is -0.00446. The van der Waals surface area contributed by atoms with Crippen LogP contribution in [0.25, 0.3) is 11.1 Å². The maximum absolute atomic E-state index is 12.2. The fraction of sp³-hybridized carbons (Fsp3) is 0.400. The Morgan fingerprint density at radius 1 is 1.00 bits per heavy atom. The molecule has 1 N–H and O–H groups in total. The molecule has 0 unspecified atom stereocenters. The predicted octanol–water partition coefficient (Wildman–Crippen LogP) is 3.90. The van der Waals surface area contributed by atoms with Crippen molar-refractivity contribution < 1.29 is 13.2 Å². The van der Waals surface area contributed by atoms with Crippen molar-refractivity contribution in [3.63, 3.8) is 0 Å². The van der Waals surface area contributed by atoms with E-state index in [-0.39, 0.29) is 12.1 Å². The van der Waals surface area contributed by atoms with Gasteiger partial charge in [0.2, 0.25) is 10.0 Å². The Bertz CT molecular complexity index is 785. The molecule has 25 heavy (non-hydrogen) atoms. The van der Waals surface area contributed by atoms with E-state index in [1.165, 1.54) is 0 Å². The van der Waals surface area contributed by atoms with Gasteiger partial charge in [-0.1, -0.05) is 54.6 Å². The van der Waals surface area contributed by atoms with Crippen LogP contribution in [0.3, 0.4) is 0 Å². The van der Waals surface area contributed by atoms with E-state index in [1.807, 2.05) is 30.3 Å². The molecule has 0 amide bonds. The molecule has 0 aliphatic carbocycles. The van der Waals surface area contributed by atoms with Crippen molar-refractivity contribution in [3.8, 4) is 11.1 Å². The van der Waals surface area contributed by atoms with E-state index in [0.717, 1.165) is 29.5 Å². The lowest BCUT2D eigenvalue weighted by atomic mass is 9.95. The third kappa shape index (κ3) is 4.29. The van der Waals surface area contributed by atoms with Crippen molar-refractivity contribution in [2.75, 3.05) is 6.61 Å². The molecular formula is C20H25NO3S. The molecule has 134 valence electrons. The number of sulfonamides is 1. The Labute approximate surface area is 150 Å². The highest BCUT2D eigenvalue weighted by Crippen LogP contribution is 2.31. The van der Waals surface area contributed by atoms with Gasteiger partial charge in [-0.15, -0.1) is 0 Å². The van der Waals surface area contributed by atoms with Crippen LogP contribution in [0, 0.1) is 0 Å². The van der Waals surface area contributed by atoms with E-state index in [2.05, 4.69) is 29.0 Å². The minimum absolute atomic E-state index is 0.219. The van der Waals surface area contributed by atoms with Crippen LogP contribution in [-0.2, 0) is 14.8 Å². The third-order valence-corrected chi connectivity index (χ3v) is 6.48. The number of nitrogens with one attached hydrogen (secondary N) is 1. The minimum Gasteiger partial charge on any atom is -0.372 e. The van der Waals surface area contributed by atoms with Crippen molar-refractivity contribution in [1.82, 2.24) is 4.72 Å². The highest BCUT2D eigenvalue weighted by atomic mass is 32.2. The van der Waals surface area contributed by atoms with Crippen molar-refractivity contribution in [2.24, 2.45) is 0 Å². The van der Waals surface area contributed by atoms with Crippen LogP contribution in [0.15, 0.2) is 54.6 Å². The lowest BCUT2D eigenvalue weighted by Crippen LogP contribution is -2.45. The molecule has 4 nitrogen and oxygen atoms in total. The van der Waals surface area contributed by atoms with E-state index in [9.17, 15) is 8.42 Å². The Balaban J connectivity index is 1.81. The molecule has 1 aliphatic rings. The van der Waals surface area contributed by atoms with Crippen molar-refractivity contribution in [2.45, 2.75) is 44.1 Å². The quantitative estimate of drug-likeness (QED) is 0.881. The summed E-state index contributed by atoms with van der Waals surface area (Å²) in [7, 11) is -3.32. The SMILES string of the molecule is CC(C)S(=O)(=O)N[C@@H]1CCCO[C@@H]1c1ccc(-c2ccccc2)cc1. The zero-order valence-electron chi connectivity index (χ0n) is 14.7. The van der Waals surface area contributed by atoms with Gasteiger partial charge in [-0.2, -0.15) is 0 Å². The van der Waals surface area contributed by atoms with Gasteiger partial charge in [-0.25, -0.2) is 13.1 Å². The zero-order valence-corrected chi connectivity index (χ0v) is 15.5. The van der Waals surface area contributed by atoms with Crippen LogP contribution >= 0.6 is 0 Å². The Morgan fingerprint density at radius 2 is 1.64 bits per heavy atom. The maximum atomic E-state index is 12.2. The summed E-state index contributed by atoms with van der Waals surface area (Å²) < 4.78 is 33.3. The first-order valence-electron chi connectivity index (χ1n) is 8.75. The smallest absolute Gasteiger partial charge is 0.214 e. The van der Waals surface area contributed by atoms with Crippen LogP contribution in [0.5, 0.6) is 0 Å². The predicted molar refractivity (Wildman–Crippen MR) is 101 cm³/mol.